The van der Waals surface area contributed by atoms with Gasteiger partial charge >= 0.3 is 12.1 Å². The number of hydrogen-bond acceptors (Lipinski definition) is 7. The number of ether oxygens (including phenoxy) is 2. The Morgan fingerprint density at radius 3 is 2.63 bits per heavy atom. The van der Waals surface area contributed by atoms with E-state index in [0.29, 0.717) is 15.5 Å². The van der Waals surface area contributed by atoms with Crippen molar-refractivity contribution in [1.82, 2.24) is 19.6 Å². The highest BCUT2D eigenvalue weighted by molar-refractivity contribution is 7.18. The maximum absolute atomic E-state index is 12.9. The molecule has 0 N–H and O–H groups in total. The molecule has 3 aromatic rings. The van der Waals surface area contributed by atoms with Crippen LogP contribution in [-0.2, 0) is 20.4 Å². The molecule has 0 atom stereocenters. The summed E-state index contributed by atoms with van der Waals surface area (Å²) in [5.74, 6) is -0.489. The van der Waals surface area contributed by atoms with E-state index in [1.165, 1.54) is 31.2 Å². The van der Waals surface area contributed by atoms with Crippen LogP contribution in [-0.4, -0.2) is 39.8 Å². The van der Waals surface area contributed by atoms with E-state index >= 15 is 0 Å². The van der Waals surface area contributed by atoms with E-state index in [4.69, 9.17) is 9.47 Å². The van der Waals surface area contributed by atoms with Crippen molar-refractivity contribution in [3.63, 3.8) is 0 Å². The lowest BCUT2D eigenvalue weighted by molar-refractivity contribution is -0.138. The van der Waals surface area contributed by atoms with E-state index in [0.717, 1.165) is 23.6 Å². The van der Waals surface area contributed by atoms with Crippen LogP contribution in [0.2, 0.25) is 0 Å². The minimum absolute atomic E-state index is 0.102. The molecule has 0 unspecified atom stereocenters. The Balaban J connectivity index is 2.06. The Hall–Kier alpha value is -2.95. The first kappa shape index (κ1) is 18.8. The molecule has 3 rings (SSSR count). The van der Waals surface area contributed by atoms with Crippen LogP contribution in [0.15, 0.2) is 24.7 Å². The second kappa shape index (κ2) is 6.99. The number of carbonyl (C=O) groups excluding carboxylic acids is 1. The highest BCUT2D eigenvalue weighted by Gasteiger charge is 2.31. The van der Waals surface area contributed by atoms with Gasteiger partial charge in [0, 0.05) is 18.0 Å². The summed E-state index contributed by atoms with van der Waals surface area (Å²) in [5.41, 5.74) is 0.0216. The predicted octanol–water partition coefficient (Wildman–Crippen LogP) is 3.34. The summed E-state index contributed by atoms with van der Waals surface area (Å²) < 4.78 is 49.7. The van der Waals surface area contributed by atoms with Gasteiger partial charge in [-0.3, -0.25) is 4.98 Å². The zero-order valence-corrected chi connectivity index (χ0v) is 15.2. The van der Waals surface area contributed by atoms with E-state index in [9.17, 15) is 18.0 Å². The lowest BCUT2D eigenvalue weighted by Gasteiger charge is -2.06. The van der Waals surface area contributed by atoms with Crippen LogP contribution >= 0.6 is 11.3 Å². The summed E-state index contributed by atoms with van der Waals surface area (Å²) in [4.78, 5) is 20.8. The van der Waals surface area contributed by atoms with Gasteiger partial charge in [0.1, 0.15) is 5.57 Å². The van der Waals surface area contributed by atoms with Crippen molar-refractivity contribution in [3.05, 3.63) is 40.9 Å². The third-order valence-electron chi connectivity index (χ3n) is 3.63. The molecule has 11 heteroatoms. The molecule has 0 aliphatic heterocycles. The molecule has 0 aromatic carbocycles. The molecule has 3 heterocycles. The molecule has 0 aliphatic carbocycles. The number of aromatic nitrogens is 4. The zero-order valence-electron chi connectivity index (χ0n) is 14.4. The summed E-state index contributed by atoms with van der Waals surface area (Å²) in [6.45, 7) is 1.70. The van der Waals surface area contributed by atoms with Crippen LogP contribution in [0.3, 0.4) is 0 Å². The number of fused-ring (bicyclic) bond motifs is 1. The number of nitrogens with zero attached hydrogens (tertiary/aromatic N) is 4. The molecule has 0 saturated heterocycles. The fourth-order valence-electron chi connectivity index (χ4n) is 2.36. The van der Waals surface area contributed by atoms with E-state index in [2.05, 4.69) is 15.1 Å². The third kappa shape index (κ3) is 3.50. The van der Waals surface area contributed by atoms with E-state index in [-0.39, 0.29) is 17.0 Å². The predicted molar refractivity (Wildman–Crippen MR) is 90.8 cm³/mol. The number of hydrogen-bond donors (Lipinski definition) is 0. The highest BCUT2D eigenvalue weighted by atomic mass is 32.1. The molecule has 0 radical (unpaired) electrons. The van der Waals surface area contributed by atoms with E-state index in [1.54, 1.807) is 6.92 Å². The Kier molecular flexibility index (Phi) is 4.87. The Labute approximate surface area is 155 Å². The van der Waals surface area contributed by atoms with Crippen LogP contribution in [0.4, 0.5) is 13.2 Å². The quantitative estimate of drug-likeness (QED) is 0.381. The van der Waals surface area contributed by atoms with Crippen LogP contribution < -0.4 is 0 Å². The molecule has 27 heavy (non-hydrogen) atoms. The molecule has 7 nitrogen and oxygen atoms in total. The fraction of sp³-hybridized carbons (Fsp3) is 0.250. The van der Waals surface area contributed by atoms with Gasteiger partial charge in [-0.15, -0.1) is 5.10 Å². The standard InChI is InChI=1S/C16H13F3N4O3S/c1-8-12(11(7-25-2)14(24)26-3)27-15-21-13(22-23(8)15)9-4-10(6-20-5-9)16(17,18)19/h4-7H,1-3H3/b11-7-. The highest BCUT2D eigenvalue weighted by Crippen LogP contribution is 2.33. The summed E-state index contributed by atoms with van der Waals surface area (Å²) in [6.07, 6.45) is -1.26. The molecule has 142 valence electrons. The lowest BCUT2D eigenvalue weighted by atomic mass is 10.2. The summed E-state index contributed by atoms with van der Waals surface area (Å²) in [7, 11) is 2.64. The van der Waals surface area contributed by atoms with Crippen molar-refractivity contribution in [2.75, 3.05) is 14.2 Å². The van der Waals surface area contributed by atoms with Crippen molar-refractivity contribution in [3.8, 4) is 11.4 Å². The van der Waals surface area contributed by atoms with E-state index in [1.807, 2.05) is 0 Å². The van der Waals surface area contributed by atoms with Crippen molar-refractivity contribution in [1.29, 1.82) is 0 Å². The molecule has 0 spiro atoms. The summed E-state index contributed by atoms with van der Waals surface area (Å²) >= 11 is 1.14. The second-order valence-corrected chi connectivity index (χ2v) is 6.34. The normalized spacial score (nSPS) is 12.4. The maximum atomic E-state index is 12.9. The number of thiazole rings is 1. The smallest absolute Gasteiger partial charge is 0.417 e. The number of halogens is 3. The van der Waals surface area contributed by atoms with Gasteiger partial charge in [0.15, 0.2) is 5.82 Å². The van der Waals surface area contributed by atoms with Gasteiger partial charge in [0.2, 0.25) is 4.96 Å². The molecular formula is C16H13F3N4O3S. The first-order chi connectivity index (χ1) is 12.8. The number of aryl methyl sites for hydroxylation is 1. The zero-order chi connectivity index (χ0) is 19.8. The fourth-order valence-corrected chi connectivity index (χ4v) is 3.41. The monoisotopic (exact) mass is 398 g/mol. The first-order valence-electron chi connectivity index (χ1n) is 7.46. The van der Waals surface area contributed by atoms with E-state index < -0.39 is 17.7 Å². The number of carbonyl (C=O) groups is 1. The van der Waals surface area contributed by atoms with Crippen LogP contribution in [0.25, 0.3) is 21.9 Å². The van der Waals surface area contributed by atoms with Gasteiger partial charge in [0.05, 0.1) is 36.6 Å². The van der Waals surface area contributed by atoms with Crippen LogP contribution in [0.1, 0.15) is 16.1 Å². The van der Waals surface area contributed by atoms with Gasteiger partial charge in [-0.25, -0.2) is 9.31 Å². The van der Waals surface area contributed by atoms with Crippen LogP contribution in [0, 0.1) is 6.92 Å². The van der Waals surface area contributed by atoms with Gasteiger partial charge < -0.3 is 9.47 Å². The lowest BCUT2D eigenvalue weighted by Crippen LogP contribution is -2.06. The number of esters is 1. The van der Waals surface area contributed by atoms with Crippen molar-refractivity contribution < 1.29 is 27.4 Å². The van der Waals surface area contributed by atoms with Crippen molar-refractivity contribution in [2.45, 2.75) is 13.1 Å². The number of methoxy groups -OCH3 is 2. The van der Waals surface area contributed by atoms with Gasteiger partial charge in [-0.05, 0) is 13.0 Å². The van der Waals surface area contributed by atoms with Gasteiger partial charge in [-0.2, -0.15) is 18.2 Å². The minimum atomic E-state index is -4.51. The molecule has 3 aromatic heterocycles. The molecule has 0 amide bonds. The first-order valence-corrected chi connectivity index (χ1v) is 8.28. The molecule has 0 fully saturated rings. The van der Waals surface area contributed by atoms with Crippen molar-refractivity contribution >= 4 is 27.8 Å². The molecule has 0 saturated carbocycles. The Bertz CT molecular complexity index is 1040. The Morgan fingerprint density at radius 2 is 2.04 bits per heavy atom. The maximum Gasteiger partial charge on any atom is 0.417 e. The van der Waals surface area contributed by atoms with Gasteiger partial charge in [-0.1, -0.05) is 11.3 Å². The molecular weight excluding hydrogens is 385 g/mol. The molecule has 0 aliphatic rings. The average Bonchev–Trinajstić information content (AvgIpc) is 3.18. The Morgan fingerprint density at radius 1 is 1.30 bits per heavy atom. The second-order valence-electron chi connectivity index (χ2n) is 5.37. The van der Waals surface area contributed by atoms with Crippen molar-refractivity contribution in [2.24, 2.45) is 0 Å². The minimum Gasteiger partial charge on any atom is -0.503 e. The number of pyridine rings is 1. The average molecular weight is 398 g/mol. The number of rotatable bonds is 4. The summed E-state index contributed by atoms with van der Waals surface area (Å²) in [6, 6.07) is 0.938. The van der Waals surface area contributed by atoms with Gasteiger partial charge in [0.25, 0.3) is 0 Å². The third-order valence-corrected chi connectivity index (χ3v) is 4.79. The largest absolute Gasteiger partial charge is 0.503 e. The SMILES string of the molecule is CO/C=C(\C(=O)OC)c1sc2nc(-c3cncc(C(F)(F)F)c3)nn2c1C. The topological polar surface area (TPSA) is 78.6 Å². The van der Waals surface area contributed by atoms with Crippen LogP contribution in [0.5, 0.6) is 0 Å². The summed E-state index contributed by atoms with van der Waals surface area (Å²) in [5, 5.41) is 4.24. The molecule has 0 bridgehead atoms. The number of alkyl halides is 3.